The maximum Gasteiger partial charge on any atom is 0.119 e. The molecule has 2 aliphatic carbocycles. The van der Waals surface area contributed by atoms with E-state index in [1.165, 1.54) is 75.3 Å². The normalized spacial score (nSPS) is 24.6. The zero-order chi connectivity index (χ0) is 24.3. The van der Waals surface area contributed by atoms with Gasteiger partial charge in [0.25, 0.3) is 0 Å². The molecule has 0 aromatic heterocycles. The Hall–Kier alpha value is -2.46. The van der Waals surface area contributed by atoms with Crippen LogP contribution in [0.4, 0.5) is 0 Å². The van der Waals surface area contributed by atoms with Crippen LogP contribution in [0.5, 0.6) is 5.75 Å². The minimum Gasteiger partial charge on any atom is -0.494 e. The van der Waals surface area contributed by atoms with E-state index in [1.807, 2.05) is 0 Å². The first-order valence-electron chi connectivity index (χ1n) is 14.3. The van der Waals surface area contributed by atoms with E-state index >= 15 is 0 Å². The molecular formula is C34H44O. The summed E-state index contributed by atoms with van der Waals surface area (Å²) in [6.07, 6.45) is 18.6. The molecule has 2 aromatic carbocycles. The number of benzene rings is 2. The Morgan fingerprint density at radius 1 is 0.771 bits per heavy atom. The number of rotatable bonds is 8. The Balaban J connectivity index is 1.20. The second-order valence-corrected chi connectivity index (χ2v) is 10.8. The average molecular weight is 469 g/mol. The molecule has 186 valence electrons. The highest BCUT2D eigenvalue weighted by Crippen LogP contribution is 2.38. The van der Waals surface area contributed by atoms with Gasteiger partial charge in [0.15, 0.2) is 0 Å². The van der Waals surface area contributed by atoms with Gasteiger partial charge in [-0.1, -0.05) is 68.9 Å². The number of hydrogen-bond donors (Lipinski definition) is 0. The van der Waals surface area contributed by atoms with Gasteiger partial charge in [0.05, 0.1) is 6.61 Å². The van der Waals surface area contributed by atoms with E-state index in [9.17, 15) is 0 Å². The fourth-order valence-corrected chi connectivity index (χ4v) is 5.87. The molecule has 0 heterocycles. The molecule has 0 atom stereocenters. The maximum absolute atomic E-state index is 5.81. The highest BCUT2D eigenvalue weighted by atomic mass is 16.5. The Kier molecular flexibility index (Phi) is 9.94. The van der Waals surface area contributed by atoms with Crippen molar-refractivity contribution in [1.29, 1.82) is 0 Å². The molecule has 2 aliphatic rings. The van der Waals surface area contributed by atoms with E-state index in [2.05, 4.69) is 86.4 Å². The van der Waals surface area contributed by atoms with E-state index in [0.717, 1.165) is 36.2 Å². The lowest BCUT2D eigenvalue weighted by molar-refractivity contribution is 0.309. The molecule has 0 saturated heterocycles. The van der Waals surface area contributed by atoms with E-state index < -0.39 is 0 Å². The molecule has 35 heavy (non-hydrogen) atoms. The summed E-state index contributed by atoms with van der Waals surface area (Å²) >= 11 is 0. The van der Waals surface area contributed by atoms with Crippen molar-refractivity contribution >= 4 is 0 Å². The van der Waals surface area contributed by atoms with Gasteiger partial charge >= 0.3 is 0 Å². The maximum atomic E-state index is 5.81. The van der Waals surface area contributed by atoms with Gasteiger partial charge in [-0.15, -0.1) is 0 Å². The van der Waals surface area contributed by atoms with E-state index in [-0.39, 0.29) is 0 Å². The molecule has 0 N–H and O–H groups in total. The van der Waals surface area contributed by atoms with E-state index in [1.54, 1.807) is 0 Å². The minimum absolute atomic E-state index is 0.665. The van der Waals surface area contributed by atoms with Gasteiger partial charge in [0.1, 0.15) is 5.75 Å². The molecule has 0 bridgehead atoms. The third-order valence-corrected chi connectivity index (χ3v) is 8.36. The van der Waals surface area contributed by atoms with Crippen LogP contribution in [-0.2, 0) is 0 Å². The molecule has 2 saturated carbocycles. The smallest absolute Gasteiger partial charge is 0.119 e. The predicted molar refractivity (Wildman–Crippen MR) is 149 cm³/mol. The third-order valence-electron chi connectivity index (χ3n) is 8.36. The van der Waals surface area contributed by atoms with Crippen molar-refractivity contribution < 1.29 is 4.74 Å². The van der Waals surface area contributed by atoms with Crippen LogP contribution in [0, 0.1) is 23.7 Å². The lowest BCUT2D eigenvalue weighted by Gasteiger charge is -2.28. The first-order valence-corrected chi connectivity index (χ1v) is 14.3. The molecule has 2 fully saturated rings. The minimum atomic E-state index is 0.665. The van der Waals surface area contributed by atoms with Crippen LogP contribution in [0.3, 0.4) is 0 Å². The molecular weight excluding hydrogens is 424 g/mol. The van der Waals surface area contributed by atoms with Crippen molar-refractivity contribution in [2.75, 3.05) is 6.61 Å². The van der Waals surface area contributed by atoms with Crippen LogP contribution in [-0.4, -0.2) is 6.61 Å². The largest absolute Gasteiger partial charge is 0.494 e. The molecule has 1 heteroatoms. The molecule has 0 radical (unpaired) electrons. The van der Waals surface area contributed by atoms with Crippen LogP contribution in [0.2, 0.25) is 0 Å². The Morgan fingerprint density at radius 2 is 1.37 bits per heavy atom. The molecule has 0 unspecified atom stereocenters. The van der Waals surface area contributed by atoms with Gasteiger partial charge in [0, 0.05) is 5.56 Å². The fourth-order valence-electron chi connectivity index (χ4n) is 5.87. The van der Waals surface area contributed by atoms with Crippen molar-refractivity contribution in [2.24, 2.45) is 11.8 Å². The van der Waals surface area contributed by atoms with Crippen LogP contribution < -0.4 is 4.74 Å². The second-order valence-electron chi connectivity index (χ2n) is 10.8. The van der Waals surface area contributed by atoms with Crippen molar-refractivity contribution in [3.8, 4) is 17.6 Å². The number of allylic oxidation sites excluding steroid dienone is 2. The zero-order valence-electron chi connectivity index (χ0n) is 22.0. The first-order chi connectivity index (χ1) is 17.2. The number of ether oxygens (including phenoxy) is 1. The second kappa shape index (κ2) is 13.6. The van der Waals surface area contributed by atoms with Crippen LogP contribution in [0.1, 0.15) is 113 Å². The van der Waals surface area contributed by atoms with Gasteiger partial charge in [-0.05, 0) is 123 Å². The highest BCUT2D eigenvalue weighted by molar-refractivity contribution is 5.39. The highest BCUT2D eigenvalue weighted by Gasteiger charge is 2.22. The standard InChI is InChI=1S/C34H44O/c1-3-5-26-35-34-24-22-33(23-25-34)32-20-14-29(15-21-32)9-7-6-8-28-12-18-31(19-13-28)30-16-10-27(4-2)11-17-30/h7,9,12-13,18-19,22-25,27,29-30,32H,3-5,10-11,14-17,20-21,26H2,1-2H3. The van der Waals surface area contributed by atoms with Crippen molar-refractivity contribution in [3.63, 3.8) is 0 Å². The monoisotopic (exact) mass is 468 g/mol. The SMILES string of the molecule is CCCCOc1ccc(C2CCC(C=CC#Cc3ccc(C4CCC(CC)CC4)cc3)CC2)cc1. The number of hydrogen-bond acceptors (Lipinski definition) is 1. The third kappa shape index (κ3) is 7.76. The van der Waals surface area contributed by atoms with Crippen LogP contribution in [0.15, 0.2) is 60.7 Å². The molecule has 0 aliphatic heterocycles. The Bertz CT molecular complexity index is 956. The Labute approximate surface area is 214 Å². The van der Waals surface area contributed by atoms with Crippen LogP contribution in [0.25, 0.3) is 0 Å². The van der Waals surface area contributed by atoms with Gasteiger partial charge in [-0.3, -0.25) is 0 Å². The van der Waals surface area contributed by atoms with Crippen molar-refractivity contribution in [3.05, 3.63) is 77.4 Å². The van der Waals surface area contributed by atoms with Gasteiger partial charge in [0.2, 0.25) is 0 Å². The summed E-state index contributed by atoms with van der Waals surface area (Å²) in [6.45, 7) is 5.35. The summed E-state index contributed by atoms with van der Waals surface area (Å²) in [7, 11) is 0. The predicted octanol–water partition coefficient (Wildman–Crippen LogP) is 9.43. The Morgan fingerprint density at radius 3 is 1.97 bits per heavy atom. The summed E-state index contributed by atoms with van der Waals surface area (Å²) in [5.41, 5.74) is 4.11. The number of unbranched alkanes of at least 4 members (excludes halogenated alkanes) is 1. The summed E-state index contributed by atoms with van der Waals surface area (Å²) in [5, 5.41) is 0. The van der Waals surface area contributed by atoms with Crippen molar-refractivity contribution in [2.45, 2.75) is 96.3 Å². The summed E-state index contributed by atoms with van der Waals surface area (Å²) in [4.78, 5) is 0. The molecule has 0 amide bonds. The summed E-state index contributed by atoms with van der Waals surface area (Å²) < 4.78 is 5.81. The molecule has 2 aromatic rings. The quantitative estimate of drug-likeness (QED) is 0.277. The molecule has 4 rings (SSSR count). The summed E-state index contributed by atoms with van der Waals surface area (Å²) in [5.74, 6) is 10.7. The van der Waals surface area contributed by atoms with Gasteiger partial charge < -0.3 is 4.74 Å². The lowest BCUT2D eigenvalue weighted by Crippen LogP contribution is -2.12. The fraction of sp³-hybridized carbons (Fsp3) is 0.529. The average Bonchev–Trinajstić information content (AvgIpc) is 2.92. The van der Waals surface area contributed by atoms with E-state index in [0.29, 0.717) is 11.8 Å². The first kappa shape index (κ1) is 25.6. The van der Waals surface area contributed by atoms with Gasteiger partial charge in [-0.25, -0.2) is 0 Å². The van der Waals surface area contributed by atoms with Crippen LogP contribution >= 0.6 is 0 Å². The zero-order valence-corrected chi connectivity index (χ0v) is 22.0. The van der Waals surface area contributed by atoms with Gasteiger partial charge in [-0.2, -0.15) is 0 Å². The lowest BCUT2D eigenvalue weighted by atomic mass is 9.78. The molecule has 1 nitrogen and oxygen atoms in total. The topological polar surface area (TPSA) is 9.23 Å². The molecule has 0 spiro atoms. The van der Waals surface area contributed by atoms with E-state index in [4.69, 9.17) is 4.74 Å². The summed E-state index contributed by atoms with van der Waals surface area (Å²) in [6, 6.07) is 17.9. The van der Waals surface area contributed by atoms with Crippen molar-refractivity contribution in [1.82, 2.24) is 0 Å².